The van der Waals surface area contributed by atoms with Gasteiger partial charge in [-0.1, -0.05) is 6.07 Å². The zero-order valence-electron chi connectivity index (χ0n) is 18.2. The minimum absolute atomic E-state index is 0.00889. The minimum atomic E-state index is -0.435. The van der Waals surface area contributed by atoms with E-state index in [0.29, 0.717) is 26.2 Å². The van der Waals surface area contributed by atoms with Crippen LogP contribution in [0, 0.1) is 6.92 Å². The van der Waals surface area contributed by atoms with Crippen molar-refractivity contribution >= 4 is 5.97 Å². The molecule has 0 spiro atoms. The Morgan fingerprint density at radius 1 is 1.24 bits per heavy atom. The first kappa shape index (κ1) is 22.1. The number of benzene rings is 1. The Balaban J connectivity index is 1.50. The highest BCUT2D eigenvalue weighted by Crippen LogP contribution is 2.28. The molecule has 2 aliphatic heterocycles. The normalized spacial score (nSPS) is 23.2. The van der Waals surface area contributed by atoms with Gasteiger partial charge in [-0.2, -0.15) is 0 Å². The van der Waals surface area contributed by atoms with Crippen molar-refractivity contribution in [2.45, 2.75) is 64.8 Å². The van der Waals surface area contributed by atoms with Crippen LogP contribution in [0.4, 0.5) is 0 Å². The van der Waals surface area contributed by atoms with Gasteiger partial charge in [0.05, 0.1) is 25.2 Å². The summed E-state index contributed by atoms with van der Waals surface area (Å²) in [5.74, 6) is 0.726. The van der Waals surface area contributed by atoms with E-state index in [1.165, 1.54) is 5.56 Å². The van der Waals surface area contributed by atoms with E-state index < -0.39 is 5.60 Å². The third kappa shape index (κ3) is 6.98. The first-order chi connectivity index (χ1) is 13.8. The van der Waals surface area contributed by atoms with Gasteiger partial charge in [-0.25, -0.2) is 0 Å². The monoisotopic (exact) mass is 405 g/mol. The largest absolute Gasteiger partial charge is 0.491 e. The molecule has 2 atom stereocenters. The highest BCUT2D eigenvalue weighted by atomic mass is 16.6. The average Bonchev–Trinajstić information content (AvgIpc) is 3.17. The number of aryl methyl sites for hydroxylation is 1. The Hall–Kier alpha value is -1.63. The molecule has 0 N–H and O–H groups in total. The lowest BCUT2D eigenvalue weighted by Crippen LogP contribution is -2.40. The summed E-state index contributed by atoms with van der Waals surface area (Å²) in [6.07, 6.45) is 2.82. The third-order valence-corrected chi connectivity index (χ3v) is 5.25. The van der Waals surface area contributed by atoms with E-state index >= 15 is 0 Å². The molecule has 0 aromatic heterocycles. The average molecular weight is 406 g/mol. The maximum Gasteiger partial charge on any atom is 0.307 e. The van der Waals surface area contributed by atoms with Gasteiger partial charge in [-0.05, 0) is 63.8 Å². The second-order valence-electron chi connectivity index (χ2n) is 8.96. The number of carbonyl (C=O) groups is 1. The molecule has 6 nitrogen and oxygen atoms in total. The molecule has 2 unspecified atom stereocenters. The first-order valence-corrected chi connectivity index (χ1v) is 10.7. The smallest absolute Gasteiger partial charge is 0.307 e. The van der Waals surface area contributed by atoms with Crippen molar-refractivity contribution in [1.29, 1.82) is 0 Å². The van der Waals surface area contributed by atoms with Crippen molar-refractivity contribution < 1.29 is 23.7 Å². The van der Waals surface area contributed by atoms with Crippen molar-refractivity contribution in [2.24, 2.45) is 0 Å². The Kier molecular flexibility index (Phi) is 7.55. The first-order valence-electron chi connectivity index (χ1n) is 10.7. The van der Waals surface area contributed by atoms with Crippen molar-refractivity contribution in [3.05, 3.63) is 29.3 Å². The van der Waals surface area contributed by atoms with Crippen molar-refractivity contribution in [1.82, 2.24) is 4.90 Å². The molecule has 2 heterocycles. The number of morpholine rings is 1. The molecule has 2 fully saturated rings. The van der Waals surface area contributed by atoms with Crippen LogP contribution in [0.2, 0.25) is 0 Å². The van der Waals surface area contributed by atoms with Gasteiger partial charge in [-0.3, -0.25) is 9.69 Å². The lowest BCUT2D eigenvalue weighted by atomic mass is 10.0. The van der Waals surface area contributed by atoms with E-state index in [4.69, 9.17) is 18.9 Å². The fourth-order valence-corrected chi connectivity index (χ4v) is 3.80. The summed E-state index contributed by atoms with van der Waals surface area (Å²) >= 11 is 0. The molecule has 162 valence electrons. The van der Waals surface area contributed by atoms with E-state index in [1.807, 2.05) is 26.8 Å². The number of hydrogen-bond donors (Lipinski definition) is 0. The summed E-state index contributed by atoms with van der Waals surface area (Å²) in [5, 5.41) is 0. The molecule has 1 aromatic rings. The van der Waals surface area contributed by atoms with Gasteiger partial charge in [-0.15, -0.1) is 0 Å². The van der Waals surface area contributed by atoms with Crippen molar-refractivity contribution in [3.63, 3.8) is 0 Å². The van der Waals surface area contributed by atoms with Gasteiger partial charge >= 0.3 is 5.97 Å². The number of esters is 1. The molecule has 1 aromatic carbocycles. The number of hydrogen-bond acceptors (Lipinski definition) is 6. The van der Waals surface area contributed by atoms with Gasteiger partial charge in [0.25, 0.3) is 0 Å². The highest BCUT2D eigenvalue weighted by Gasteiger charge is 2.25. The Labute approximate surface area is 174 Å². The third-order valence-electron chi connectivity index (χ3n) is 5.25. The van der Waals surface area contributed by atoms with Crippen LogP contribution in [-0.2, 0) is 19.0 Å². The van der Waals surface area contributed by atoms with Crippen molar-refractivity contribution in [2.75, 3.05) is 39.5 Å². The van der Waals surface area contributed by atoms with E-state index in [1.54, 1.807) is 0 Å². The summed E-state index contributed by atoms with van der Waals surface area (Å²) in [5.41, 5.74) is 1.90. The van der Waals surface area contributed by atoms with E-state index in [-0.39, 0.29) is 18.2 Å². The van der Waals surface area contributed by atoms with Crippen LogP contribution >= 0.6 is 0 Å². The molecule has 0 amide bonds. The minimum Gasteiger partial charge on any atom is -0.491 e. The summed E-state index contributed by atoms with van der Waals surface area (Å²) in [6.45, 7) is 12.2. The Bertz CT molecular complexity index is 678. The number of rotatable bonds is 7. The van der Waals surface area contributed by atoms with E-state index in [2.05, 4.69) is 24.0 Å². The summed E-state index contributed by atoms with van der Waals surface area (Å²) in [6, 6.07) is 6.19. The van der Waals surface area contributed by atoms with E-state index in [0.717, 1.165) is 43.9 Å². The predicted octanol–water partition coefficient (Wildman–Crippen LogP) is 3.66. The fraction of sp³-hybridized carbons (Fsp3) is 0.696. The summed E-state index contributed by atoms with van der Waals surface area (Å²) in [7, 11) is 0. The number of ether oxygens (including phenoxy) is 4. The maximum absolute atomic E-state index is 12.0. The SMILES string of the molecule is Cc1cc(OCC2CCCO2)ccc1C1CN(CCC(=O)OC(C)(C)C)CCO1. The quantitative estimate of drug-likeness (QED) is 0.646. The summed E-state index contributed by atoms with van der Waals surface area (Å²) in [4.78, 5) is 14.3. The molecule has 0 bridgehead atoms. The molecule has 2 saturated heterocycles. The number of carbonyl (C=O) groups excluding carboxylic acids is 1. The lowest BCUT2D eigenvalue weighted by molar-refractivity contribution is -0.155. The molecule has 2 aliphatic rings. The standard InChI is InChI=1S/C23H35NO5/c1-17-14-18(28-16-19-6-5-12-26-19)7-8-20(17)21-15-24(11-13-27-21)10-9-22(25)29-23(2,3)4/h7-8,14,19,21H,5-6,9-13,15-16H2,1-4H3. The maximum atomic E-state index is 12.0. The topological polar surface area (TPSA) is 57.2 Å². The zero-order valence-corrected chi connectivity index (χ0v) is 18.2. The van der Waals surface area contributed by atoms with Crippen LogP contribution in [0.1, 0.15) is 57.3 Å². The second-order valence-corrected chi connectivity index (χ2v) is 8.96. The highest BCUT2D eigenvalue weighted by molar-refractivity contribution is 5.70. The second kappa shape index (κ2) is 9.92. The van der Waals surface area contributed by atoms with Crippen LogP contribution in [0.15, 0.2) is 18.2 Å². The predicted molar refractivity (Wildman–Crippen MR) is 111 cm³/mol. The zero-order chi connectivity index (χ0) is 20.9. The molecule has 0 radical (unpaired) electrons. The molecule has 3 rings (SSSR count). The van der Waals surface area contributed by atoms with Crippen LogP contribution in [0.25, 0.3) is 0 Å². The Morgan fingerprint density at radius 2 is 2.07 bits per heavy atom. The van der Waals surface area contributed by atoms with Crippen LogP contribution in [0.5, 0.6) is 5.75 Å². The van der Waals surface area contributed by atoms with Crippen LogP contribution in [-0.4, -0.2) is 62.0 Å². The van der Waals surface area contributed by atoms with Gasteiger partial charge in [0.15, 0.2) is 0 Å². The molecule has 6 heteroatoms. The molecule has 0 aliphatic carbocycles. The molecular formula is C23H35NO5. The molecular weight excluding hydrogens is 370 g/mol. The van der Waals surface area contributed by atoms with Crippen LogP contribution in [0.3, 0.4) is 0 Å². The van der Waals surface area contributed by atoms with E-state index in [9.17, 15) is 4.79 Å². The van der Waals surface area contributed by atoms with Gasteiger partial charge < -0.3 is 18.9 Å². The van der Waals surface area contributed by atoms with Gasteiger partial charge in [0, 0.05) is 26.2 Å². The lowest BCUT2D eigenvalue weighted by Gasteiger charge is -2.34. The fourth-order valence-electron chi connectivity index (χ4n) is 3.80. The van der Waals surface area contributed by atoms with Gasteiger partial charge in [0.2, 0.25) is 0 Å². The molecule has 29 heavy (non-hydrogen) atoms. The van der Waals surface area contributed by atoms with Crippen LogP contribution < -0.4 is 4.74 Å². The van der Waals surface area contributed by atoms with Gasteiger partial charge in [0.1, 0.15) is 18.0 Å². The molecule has 0 saturated carbocycles. The summed E-state index contributed by atoms with van der Waals surface area (Å²) < 4.78 is 23.0. The number of nitrogens with zero attached hydrogens (tertiary/aromatic N) is 1. The van der Waals surface area contributed by atoms with Crippen molar-refractivity contribution in [3.8, 4) is 5.75 Å². The Morgan fingerprint density at radius 3 is 2.76 bits per heavy atom.